The molecular formula is C16H19F3N2O6. The molecule has 2 amide bonds. The fraction of sp³-hybridized carbons (Fsp3) is 0.500. The Bertz CT molecular complexity index is 727. The maximum Gasteiger partial charge on any atom is 0.437 e. The van der Waals surface area contributed by atoms with Crippen LogP contribution in [0.2, 0.25) is 0 Å². The van der Waals surface area contributed by atoms with Gasteiger partial charge in [-0.1, -0.05) is 12.1 Å². The monoisotopic (exact) mass is 392 g/mol. The van der Waals surface area contributed by atoms with Crippen LogP contribution in [0, 0.1) is 5.92 Å². The second-order valence-corrected chi connectivity index (χ2v) is 5.65. The summed E-state index contributed by atoms with van der Waals surface area (Å²) < 4.78 is 55.8. The molecule has 1 saturated heterocycles. The summed E-state index contributed by atoms with van der Waals surface area (Å²) in [7, 11) is 2.57. The molecule has 1 aliphatic rings. The molecule has 2 rings (SSSR count). The normalized spacial score (nSPS) is 25.2. The molecule has 27 heavy (non-hydrogen) atoms. The first-order chi connectivity index (χ1) is 12.6. The zero-order chi connectivity index (χ0) is 20.4. The minimum absolute atomic E-state index is 0.00558. The Balaban J connectivity index is 2.68. The first-order valence-electron chi connectivity index (χ1n) is 7.86. The maximum absolute atomic E-state index is 13.6. The largest absolute Gasteiger partial charge is 0.493 e. The standard InChI is InChI=1S/C16H19F3N2O6/c1-4-27-13(22)10-11(8-6-5-7-9(25-2)12(8)26-3)20-14(23)21-15(10,24)16(17,18)19/h5-7,10-11,24H,4H2,1-3H3,(H2,20,21,23)/t10-,11+,15+/m1/s1. The lowest BCUT2D eigenvalue weighted by Gasteiger charge is -2.44. The van der Waals surface area contributed by atoms with E-state index in [1.54, 1.807) is 0 Å². The van der Waals surface area contributed by atoms with Crippen LogP contribution in [-0.4, -0.2) is 49.8 Å². The number of alkyl halides is 3. The zero-order valence-electron chi connectivity index (χ0n) is 14.7. The summed E-state index contributed by atoms with van der Waals surface area (Å²) in [6, 6.07) is 1.36. The molecule has 150 valence electrons. The number of hydrogen-bond acceptors (Lipinski definition) is 6. The van der Waals surface area contributed by atoms with Gasteiger partial charge in [0.2, 0.25) is 0 Å². The third-order valence-corrected chi connectivity index (χ3v) is 4.12. The molecule has 0 saturated carbocycles. The average Bonchev–Trinajstić information content (AvgIpc) is 2.59. The predicted octanol–water partition coefficient (Wildman–Crippen LogP) is 1.49. The lowest BCUT2D eigenvalue weighted by atomic mass is 9.81. The van der Waals surface area contributed by atoms with Crippen molar-refractivity contribution in [2.45, 2.75) is 24.9 Å². The lowest BCUT2D eigenvalue weighted by Crippen LogP contribution is -2.73. The topological polar surface area (TPSA) is 106 Å². The van der Waals surface area contributed by atoms with Crippen molar-refractivity contribution >= 4 is 12.0 Å². The van der Waals surface area contributed by atoms with Crippen LogP contribution >= 0.6 is 0 Å². The van der Waals surface area contributed by atoms with Crippen LogP contribution in [0.15, 0.2) is 18.2 Å². The predicted molar refractivity (Wildman–Crippen MR) is 85.1 cm³/mol. The van der Waals surface area contributed by atoms with Crippen LogP contribution in [0.3, 0.4) is 0 Å². The summed E-state index contributed by atoms with van der Waals surface area (Å²) in [5, 5.41) is 13.9. The third-order valence-electron chi connectivity index (χ3n) is 4.12. The van der Waals surface area contributed by atoms with Gasteiger partial charge in [0.1, 0.15) is 5.92 Å². The van der Waals surface area contributed by atoms with Crippen molar-refractivity contribution in [3.8, 4) is 11.5 Å². The van der Waals surface area contributed by atoms with E-state index in [4.69, 9.17) is 14.2 Å². The van der Waals surface area contributed by atoms with E-state index in [0.717, 1.165) is 0 Å². The number of para-hydroxylation sites is 1. The Morgan fingerprint density at radius 2 is 1.96 bits per heavy atom. The highest BCUT2D eigenvalue weighted by Gasteiger charge is 2.67. The van der Waals surface area contributed by atoms with Gasteiger partial charge >= 0.3 is 18.2 Å². The van der Waals surface area contributed by atoms with Crippen LogP contribution in [0.5, 0.6) is 11.5 Å². The Morgan fingerprint density at radius 3 is 2.48 bits per heavy atom. The number of halogens is 3. The molecule has 0 aliphatic carbocycles. The first-order valence-corrected chi connectivity index (χ1v) is 7.86. The number of nitrogens with one attached hydrogen (secondary N) is 2. The van der Waals surface area contributed by atoms with Gasteiger partial charge in [-0.2, -0.15) is 13.2 Å². The summed E-state index contributed by atoms with van der Waals surface area (Å²) >= 11 is 0. The summed E-state index contributed by atoms with van der Waals surface area (Å²) in [5.41, 5.74) is -3.84. The zero-order valence-corrected chi connectivity index (χ0v) is 14.7. The number of methoxy groups -OCH3 is 2. The van der Waals surface area contributed by atoms with Crippen molar-refractivity contribution < 1.29 is 42.1 Å². The van der Waals surface area contributed by atoms with E-state index in [2.05, 4.69) is 5.32 Å². The number of benzene rings is 1. The summed E-state index contributed by atoms with van der Waals surface area (Å²) in [6.07, 6.45) is -5.35. The SMILES string of the molecule is CCOC(=O)[C@H]1[C@H](c2cccc(OC)c2OC)NC(=O)N[C@@]1(O)C(F)(F)F. The van der Waals surface area contributed by atoms with E-state index in [1.807, 2.05) is 0 Å². The molecule has 0 radical (unpaired) electrons. The molecule has 1 aromatic carbocycles. The van der Waals surface area contributed by atoms with Crippen molar-refractivity contribution in [3.05, 3.63) is 23.8 Å². The Labute approximate surface area is 152 Å². The van der Waals surface area contributed by atoms with E-state index in [1.165, 1.54) is 44.7 Å². The molecule has 1 aliphatic heterocycles. The molecule has 3 atom stereocenters. The van der Waals surface area contributed by atoms with Crippen LogP contribution in [0.4, 0.5) is 18.0 Å². The number of carbonyl (C=O) groups excluding carboxylic acids is 2. The van der Waals surface area contributed by atoms with Gasteiger partial charge in [0, 0.05) is 5.56 Å². The van der Waals surface area contributed by atoms with E-state index in [0.29, 0.717) is 0 Å². The Morgan fingerprint density at radius 1 is 1.30 bits per heavy atom. The molecule has 0 bridgehead atoms. The lowest BCUT2D eigenvalue weighted by molar-refractivity contribution is -0.294. The molecule has 1 aromatic rings. The van der Waals surface area contributed by atoms with E-state index < -0.39 is 35.9 Å². The number of rotatable bonds is 5. The van der Waals surface area contributed by atoms with Gasteiger partial charge in [-0.3, -0.25) is 4.79 Å². The van der Waals surface area contributed by atoms with Crippen molar-refractivity contribution in [1.82, 2.24) is 10.6 Å². The second-order valence-electron chi connectivity index (χ2n) is 5.65. The van der Waals surface area contributed by atoms with E-state index in [9.17, 15) is 27.9 Å². The fourth-order valence-corrected chi connectivity index (χ4v) is 2.95. The van der Waals surface area contributed by atoms with Gasteiger partial charge < -0.3 is 30.0 Å². The van der Waals surface area contributed by atoms with Crippen LogP contribution < -0.4 is 20.1 Å². The van der Waals surface area contributed by atoms with Gasteiger partial charge in [-0.25, -0.2) is 4.79 Å². The fourth-order valence-electron chi connectivity index (χ4n) is 2.95. The van der Waals surface area contributed by atoms with Crippen molar-refractivity contribution in [2.24, 2.45) is 5.92 Å². The van der Waals surface area contributed by atoms with Gasteiger partial charge in [0.25, 0.3) is 5.72 Å². The third kappa shape index (κ3) is 3.59. The highest BCUT2D eigenvalue weighted by molar-refractivity contribution is 5.83. The number of aliphatic hydroxyl groups is 1. The maximum atomic E-state index is 13.6. The van der Waals surface area contributed by atoms with Crippen molar-refractivity contribution in [1.29, 1.82) is 0 Å². The highest BCUT2D eigenvalue weighted by Crippen LogP contribution is 2.46. The van der Waals surface area contributed by atoms with Crippen LogP contribution in [0.25, 0.3) is 0 Å². The molecule has 0 unspecified atom stereocenters. The number of hydrogen-bond donors (Lipinski definition) is 3. The number of esters is 1. The average molecular weight is 392 g/mol. The summed E-state index contributed by atoms with van der Waals surface area (Å²) in [5.74, 6) is -3.41. The number of carbonyl (C=O) groups is 2. The van der Waals surface area contributed by atoms with E-state index >= 15 is 0 Å². The van der Waals surface area contributed by atoms with Gasteiger partial charge in [-0.15, -0.1) is 0 Å². The molecular weight excluding hydrogens is 373 g/mol. The molecule has 8 nitrogen and oxygen atoms in total. The van der Waals surface area contributed by atoms with Crippen LogP contribution in [-0.2, 0) is 9.53 Å². The minimum Gasteiger partial charge on any atom is -0.493 e. The molecule has 1 fully saturated rings. The van der Waals surface area contributed by atoms with Gasteiger partial charge in [-0.05, 0) is 13.0 Å². The van der Waals surface area contributed by atoms with Crippen molar-refractivity contribution in [2.75, 3.05) is 20.8 Å². The van der Waals surface area contributed by atoms with Crippen molar-refractivity contribution in [3.63, 3.8) is 0 Å². The quantitative estimate of drug-likeness (QED) is 0.656. The molecule has 1 heterocycles. The molecule has 3 N–H and O–H groups in total. The van der Waals surface area contributed by atoms with Crippen LogP contribution in [0.1, 0.15) is 18.5 Å². The molecule has 11 heteroatoms. The van der Waals surface area contributed by atoms with Gasteiger partial charge in [0.15, 0.2) is 11.5 Å². The van der Waals surface area contributed by atoms with E-state index in [-0.39, 0.29) is 23.7 Å². The second kappa shape index (κ2) is 7.51. The smallest absolute Gasteiger partial charge is 0.437 e. The highest BCUT2D eigenvalue weighted by atomic mass is 19.4. The minimum atomic E-state index is -5.35. The summed E-state index contributed by atoms with van der Waals surface area (Å²) in [6.45, 7) is 1.18. The number of urea groups is 1. The first kappa shape index (κ1) is 20.6. The number of amides is 2. The Kier molecular flexibility index (Phi) is 5.73. The number of ether oxygens (including phenoxy) is 3. The van der Waals surface area contributed by atoms with Gasteiger partial charge in [0.05, 0.1) is 26.9 Å². The molecule has 0 aromatic heterocycles. The molecule has 0 spiro atoms. The Hall–Kier alpha value is -2.69. The summed E-state index contributed by atoms with van der Waals surface area (Å²) in [4.78, 5) is 24.2.